The molecule has 0 aliphatic heterocycles. The summed E-state index contributed by atoms with van der Waals surface area (Å²) < 4.78 is 37.7. The number of hydrogen-bond donors (Lipinski definition) is 0. The minimum absolute atomic E-state index is 0.235. The Labute approximate surface area is 91.1 Å². The van der Waals surface area contributed by atoms with E-state index >= 15 is 0 Å². The first kappa shape index (κ1) is 10.4. The highest BCUT2D eigenvalue weighted by atomic mass is 35.5. The molecule has 2 aromatic heterocycles. The molecule has 80 valence electrons. The average molecular weight is 254 g/mol. The van der Waals surface area contributed by atoms with E-state index in [2.05, 4.69) is 10.1 Å². The molecule has 15 heavy (non-hydrogen) atoms. The molecular formula is C7H3ClF3N3S. The van der Waals surface area contributed by atoms with Crippen LogP contribution in [0.25, 0.3) is 5.13 Å². The van der Waals surface area contributed by atoms with E-state index < -0.39 is 11.7 Å². The highest BCUT2D eigenvalue weighted by molar-refractivity contribution is 7.12. The molecule has 0 aromatic carbocycles. The molecule has 8 heteroatoms. The zero-order valence-electron chi connectivity index (χ0n) is 6.99. The van der Waals surface area contributed by atoms with Crippen LogP contribution in [0, 0.1) is 0 Å². The second kappa shape index (κ2) is 3.49. The summed E-state index contributed by atoms with van der Waals surface area (Å²) in [6.45, 7) is 0. The molecule has 0 fully saturated rings. The van der Waals surface area contributed by atoms with Crippen LogP contribution in [0.3, 0.4) is 0 Å². The first-order chi connectivity index (χ1) is 6.97. The standard InChI is InChI=1S/C7H3ClF3N3S/c8-5-3-15-6(13-5)14-2-4(1-12-14)7(9,10)11/h1-3H. The van der Waals surface area contributed by atoms with Gasteiger partial charge in [-0.05, 0) is 0 Å². The smallest absolute Gasteiger partial charge is 0.213 e. The zero-order chi connectivity index (χ0) is 11.1. The summed E-state index contributed by atoms with van der Waals surface area (Å²) in [6, 6.07) is 0. The summed E-state index contributed by atoms with van der Waals surface area (Å²) in [4.78, 5) is 3.79. The molecule has 2 rings (SSSR count). The van der Waals surface area contributed by atoms with Crippen LogP contribution in [-0.4, -0.2) is 14.8 Å². The third-order valence-electron chi connectivity index (χ3n) is 1.57. The van der Waals surface area contributed by atoms with Gasteiger partial charge in [0.2, 0.25) is 5.13 Å². The number of nitrogens with zero attached hydrogens (tertiary/aromatic N) is 3. The normalized spacial score (nSPS) is 12.0. The fourth-order valence-corrected chi connectivity index (χ4v) is 1.80. The summed E-state index contributed by atoms with van der Waals surface area (Å²) in [5.41, 5.74) is -0.811. The summed E-state index contributed by atoms with van der Waals surface area (Å²) in [6.07, 6.45) is -2.77. The predicted octanol–water partition coefficient (Wildman–Crippen LogP) is 3.00. The Kier molecular flexibility index (Phi) is 2.43. The molecule has 2 heterocycles. The number of halogens is 4. The van der Waals surface area contributed by atoms with E-state index in [1.807, 2.05) is 0 Å². The number of rotatable bonds is 1. The van der Waals surface area contributed by atoms with Crippen LogP contribution in [-0.2, 0) is 6.18 Å². The third-order valence-corrected chi connectivity index (χ3v) is 2.72. The van der Waals surface area contributed by atoms with Gasteiger partial charge >= 0.3 is 6.18 Å². The Morgan fingerprint density at radius 2 is 2.13 bits per heavy atom. The van der Waals surface area contributed by atoms with E-state index in [1.165, 1.54) is 5.38 Å². The van der Waals surface area contributed by atoms with Crippen LogP contribution in [0.2, 0.25) is 5.15 Å². The molecule has 0 unspecified atom stereocenters. The number of hydrogen-bond acceptors (Lipinski definition) is 3. The first-order valence-electron chi connectivity index (χ1n) is 3.70. The lowest BCUT2D eigenvalue weighted by molar-refractivity contribution is -0.137. The van der Waals surface area contributed by atoms with Gasteiger partial charge in [-0.1, -0.05) is 11.6 Å². The Bertz CT molecular complexity index is 476. The van der Waals surface area contributed by atoms with Crippen molar-refractivity contribution in [3.63, 3.8) is 0 Å². The molecular weight excluding hydrogens is 251 g/mol. The van der Waals surface area contributed by atoms with Crippen molar-refractivity contribution in [1.29, 1.82) is 0 Å². The average Bonchev–Trinajstić information content (AvgIpc) is 2.69. The molecule has 0 radical (unpaired) electrons. The van der Waals surface area contributed by atoms with Crippen molar-refractivity contribution in [1.82, 2.24) is 14.8 Å². The van der Waals surface area contributed by atoms with Crippen LogP contribution in [0.15, 0.2) is 17.8 Å². The highest BCUT2D eigenvalue weighted by Gasteiger charge is 2.32. The SMILES string of the molecule is FC(F)(F)c1cnn(-c2nc(Cl)cs2)c1. The number of alkyl halides is 3. The fourth-order valence-electron chi connectivity index (χ4n) is 0.924. The van der Waals surface area contributed by atoms with Crippen LogP contribution >= 0.6 is 22.9 Å². The van der Waals surface area contributed by atoms with Crippen molar-refractivity contribution in [2.24, 2.45) is 0 Å². The van der Waals surface area contributed by atoms with Gasteiger partial charge < -0.3 is 0 Å². The van der Waals surface area contributed by atoms with Gasteiger partial charge in [0.15, 0.2) is 0 Å². The molecule has 2 aromatic rings. The topological polar surface area (TPSA) is 30.7 Å². The molecule has 0 bridgehead atoms. The van der Waals surface area contributed by atoms with Gasteiger partial charge in [-0.2, -0.15) is 18.3 Å². The summed E-state index contributed by atoms with van der Waals surface area (Å²) in [5, 5.41) is 5.61. The van der Waals surface area contributed by atoms with E-state index in [0.29, 0.717) is 5.13 Å². The molecule has 0 N–H and O–H groups in total. The Hall–Kier alpha value is -1.08. The number of thiazole rings is 1. The molecule has 0 atom stereocenters. The maximum atomic E-state index is 12.2. The second-order valence-corrected chi connectivity index (χ2v) is 3.85. The van der Waals surface area contributed by atoms with E-state index in [1.54, 1.807) is 0 Å². The second-order valence-electron chi connectivity index (χ2n) is 2.62. The minimum atomic E-state index is -4.39. The van der Waals surface area contributed by atoms with Crippen molar-refractivity contribution >= 4 is 22.9 Å². The lowest BCUT2D eigenvalue weighted by atomic mass is 10.4. The Balaban J connectivity index is 2.36. The van der Waals surface area contributed by atoms with Gasteiger partial charge in [-0.3, -0.25) is 0 Å². The zero-order valence-corrected chi connectivity index (χ0v) is 8.57. The monoisotopic (exact) mass is 253 g/mol. The molecule has 0 aliphatic carbocycles. The first-order valence-corrected chi connectivity index (χ1v) is 4.96. The molecule has 0 spiro atoms. The van der Waals surface area contributed by atoms with E-state index in [0.717, 1.165) is 28.4 Å². The predicted molar refractivity (Wildman–Crippen MR) is 49.2 cm³/mol. The van der Waals surface area contributed by atoms with Gasteiger partial charge in [0.25, 0.3) is 0 Å². The quantitative estimate of drug-likeness (QED) is 0.782. The summed E-state index contributed by atoms with van der Waals surface area (Å²) in [7, 11) is 0. The van der Waals surface area contributed by atoms with Crippen molar-refractivity contribution in [3.05, 3.63) is 28.5 Å². The van der Waals surface area contributed by atoms with Crippen LogP contribution in [0.1, 0.15) is 5.56 Å². The molecule has 3 nitrogen and oxygen atoms in total. The highest BCUT2D eigenvalue weighted by Crippen LogP contribution is 2.29. The number of aromatic nitrogens is 3. The van der Waals surface area contributed by atoms with Gasteiger partial charge in [-0.15, -0.1) is 11.3 Å². The Morgan fingerprint density at radius 1 is 1.40 bits per heavy atom. The van der Waals surface area contributed by atoms with Gasteiger partial charge in [0, 0.05) is 11.6 Å². The summed E-state index contributed by atoms with van der Waals surface area (Å²) in [5.74, 6) is 0. The lowest BCUT2D eigenvalue weighted by Gasteiger charge is -1.99. The summed E-state index contributed by atoms with van der Waals surface area (Å²) >= 11 is 6.66. The molecule has 0 amide bonds. The fraction of sp³-hybridized carbons (Fsp3) is 0.143. The van der Waals surface area contributed by atoms with Crippen molar-refractivity contribution in [2.75, 3.05) is 0 Å². The third kappa shape index (κ3) is 2.13. The van der Waals surface area contributed by atoms with Crippen molar-refractivity contribution in [3.8, 4) is 5.13 Å². The van der Waals surface area contributed by atoms with Gasteiger partial charge in [0.05, 0.1) is 11.8 Å². The lowest BCUT2D eigenvalue weighted by Crippen LogP contribution is -2.02. The van der Waals surface area contributed by atoms with Crippen molar-refractivity contribution < 1.29 is 13.2 Å². The van der Waals surface area contributed by atoms with E-state index in [9.17, 15) is 13.2 Å². The van der Waals surface area contributed by atoms with Gasteiger partial charge in [0.1, 0.15) is 5.15 Å². The maximum absolute atomic E-state index is 12.2. The minimum Gasteiger partial charge on any atom is -0.213 e. The maximum Gasteiger partial charge on any atom is 0.419 e. The van der Waals surface area contributed by atoms with Gasteiger partial charge in [-0.25, -0.2) is 9.67 Å². The van der Waals surface area contributed by atoms with Crippen molar-refractivity contribution in [2.45, 2.75) is 6.18 Å². The van der Waals surface area contributed by atoms with Crippen LogP contribution in [0.4, 0.5) is 13.2 Å². The van der Waals surface area contributed by atoms with Crippen LogP contribution < -0.4 is 0 Å². The molecule has 0 saturated carbocycles. The van der Waals surface area contributed by atoms with E-state index in [4.69, 9.17) is 11.6 Å². The molecule has 0 aliphatic rings. The van der Waals surface area contributed by atoms with Crippen LogP contribution in [0.5, 0.6) is 0 Å². The largest absolute Gasteiger partial charge is 0.419 e. The molecule has 0 saturated heterocycles. The van der Waals surface area contributed by atoms with E-state index in [-0.39, 0.29) is 5.15 Å². The Morgan fingerprint density at radius 3 is 2.60 bits per heavy atom.